The number of carbonyl (C=O) groups is 1. The van der Waals surface area contributed by atoms with E-state index in [4.69, 9.17) is 5.73 Å². The van der Waals surface area contributed by atoms with Gasteiger partial charge in [-0.25, -0.2) is 4.39 Å². The van der Waals surface area contributed by atoms with Crippen LogP contribution in [0.2, 0.25) is 0 Å². The summed E-state index contributed by atoms with van der Waals surface area (Å²) in [6.07, 6.45) is 0.785. The van der Waals surface area contributed by atoms with Crippen molar-refractivity contribution >= 4 is 18.3 Å². The number of likely N-dealkylation sites (tertiary alicyclic amines) is 1. The van der Waals surface area contributed by atoms with E-state index in [1.807, 2.05) is 0 Å². The first-order valence-corrected chi connectivity index (χ1v) is 6.62. The zero-order chi connectivity index (χ0) is 14.2. The molecule has 112 valence electrons. The highest BCUT2D eigenvalue weighted by Gasteiger charge is 2.35. The van der Waals surface area contributed by atoms with Crippen molar-refractivity contribution in [2.75, 3.05) is 13.1 Å². The van der Waals surface area contributed by atoms with Gasteiger partial charge in [-0.3, -0.25) is 4.79 Å². The Kier molecular flexibility index (Phi) is 5.16. The van der Waals surface area contributed by atoms with Crippen LogP contribution in [0.3, 0.4) is 0 Å². The van der Waals surface area contributed by atoms with Crippen molar-refractivity contribution in [2.45, 2.75) is 33.2 Å². The molecule has 0 saturated carbocycles. The van der Waals surface area contributed by atoms with Crippen LogP contribution in [-0.4, -0.2) is 29.9 Å². The summed E-state index contributed by atoms with van der Waals surface area (Å²) in [7, 11) is 0. The van der Waals surface area contributed by atoms with E-state index in [2.05, 4.69) is 13.8 Å². The number of nitrogens with two attached hydrogens (primary N) is 1. The molecular formula is C15H22ClFN2O. The fourth-order valence-corrected chi connectivity index (χ4v) is 2.59. The van der Waals surface area contributed by atoms with Gasteiger partial charge < -0.3 is 10.6 Å². The van der Waals surface area contributed by atoms with Crippen molar-refractivity contribution in [3.63, 3.8) is 0 Å². The van der Waals surface area contributed by atoms with Crippen molar-refractivity contribution in [1.82, 2.24) is 4.90 Å². The number of hydrogen-bond acceptors (Lipinski definition) is 2. The maximum atomic E-state index is 13.4. The lowest BCUT2D eigenvalue weighted by Gasteiger charge is -2.42. The molecule has 2 N–H and O–H groups in total. The summed E-state index contributed by atoms with van der Waals surface area (Å²) in [5, 5.41) is 0. The minimum absolute atomic E-state index is 0. The van der Waals surface area contributed by atoms with E-state index in [-0.39, 0.29) is 35.6 Å². The van der Waals surface area contributed by atoms with Crippen LogP contribution in [0.15, 0.2) is 18.2 Å². The number of amides is 1. The minimum atomic E-state index is -0.365. The lowest BCUT2D eigenvalue weighted by Crippen LogP contribution is -2.54. The van der Waals surface area contributed by atoms with Gasteiger partial charge in [0.1, 0.15) is 5.82 Å². The van der Waals surface area contributed by atoms with Gasteiger partial charge in [-0.15, -0.1) is 12.4 Å². The van der Waals surface area contributed by atoms with Crippen LogP contribution >= 0.6 is 12.4 Å². The largest absolute Gasteiger partial charge is 0.338 e. The topological polar surface area (TPSA) is 46.3 Å². The fourth-order valence-electron chi connectivity index (χ4n) is 2.59. The van der Waals surface area contributed by atoms with Gasteiger partial charge in [0.2, 0.25) is 0 Å². The van der Waals surface area contributed by atoms with E-state index in [0.29, 0.717) is 18.7 Å². The van der Waals surface area contributed by atoms with Crippen molar-refractivity contribution in [2.24, 2.45) is 11.1 Å². The first kappa shape index (κ1) is 16.9. The van der Waals surface area contributed by atoms with Gasteiger partial charge in [-0.2, -0.15) is 0 Å². The molecule has 1 aromatic carbocycles. The number of benzene rings is 1. The summed E-state index contributed by atoms with van der Waals surface area (Å²) in [4.78, 5) is 14.2. The van der Waals surface area contributed by atoms with E-state index < -0.39 is 0 Å². The molecule has 1 amide bonds. The second-order valence-corrected chi connectivity index (χ2v) is 6.13. The van der Waals surface area contributed by atoms with Gasteiger partial charge in [0.25, 0.3) is 5.91 Å². The zero-order valence-electron chi connectivity index (χ0n) is 12.1. The molecule has 0 bridgehead atoms. The zero-order valence-corrected chi connectivity index (χ0v) is 13.0. The Hall–Kier alpha value is -1.13. The number of piperidine rings is 1. The monoisotopic (exact) mass is 300 g/mol. The molecule has 3 nitrogen and oxygen atoms in total. The summed E-state index contributed by atoms with van der Waals surface area (Å²) in [5.74, 6) is -0.473. The second kappa shape index (κ2) is 6.10. The standard InChI is InChI=1S/C15H21FN2O.ClH/c1-10-6-11(8-12(16)7-10)14(19)18-5-4-13(17)15(2,3)9-18;/h6-8,13H,4-5,9,17H2,1-3H3;1H. The van der Waals surface area contributed by atoms with Crippen LogP contribution in [0.1, 0.15) is 36.2 Å². The number of carbonyl (C=O) groups excluding carboxylic acids is 1. The number of halogens is 2. The third-order valence-corrected chi connectivity index (χ3v) is 3.89. The minimum Gasteiger partial charge on any atom is -0.338 e. The highest BCUT2D eigenvalue weighted by atomic mass is 35.5. The summed E-state index contributed by atoms with van der Waals surface area (Å²) in [6.45, 7) is 7.17. The Morgan fingerprint density at radius 3 is 2.60 bits per heavy atom. The first-order chi connectivity index (χ1) is 8.79. The van der Waals surface area contributed by atoms with Crippen LogP contribution in [0.25, 0.3) is 0 Å². The molecule has 1 unspecified atom stereocenters. The highest BCUT2D eigenvalue weighted by Crippen LogP contribution is 2.28. The molecule has 0 radical (unpaired) electrons. The molecule has 1 aromatic rings. The number of rotatable bonds is 1. The normalized spacial score (nSPS) is 21.2. The van der Waals surface area contributed by atoms with Gasteiger partial charge in [0, 0.05) is 24.7 Å². The third-order valence-electron chi connectivity index (χ3n) is 3.89. The Morgan fingerprint density at radius 2 is 2.05 bits per heavy atom. The van der Waals surface area contributed by atoms with Crippen molar-refractivity contribution in [3.05, 3.63) is 35.1 Å². The third kappa shape index (κ3) is 3.49. The second-order valence-electron chi connectivity index (χ2n) is 6.13. The molecule has 2 rings (SSSR count). The molecule has 0 aliphatic carbocycles. The van der Waals surface area contributed by atoms with Crippen LogP contribution in [0.4, 0.5) is 4.39 Å². The molecule has 1 atom stereocenters. The molecular weight excluding hydrogens is 279 g/mol. The summed E-state index contributed by atoms with van der Waals surface area (Å²) in [5.41, 5.74) is 7.14. The molecule has 1 saturated heterocycles. The van der Waals surface area contributed by atoms with E-state index in [1.54, 1.807) is 17.9 Å². The SMILES string of the molecule is Cc1cc(F)cc(C(=O)N2CCC(N)C(C)(C)C2)c1.Cl. The van der Waals surface area contributed by atoms with Gasteiger partial charge in [-0.1, -0.05) is 13.8 Å². The molecule has 20 heavy (non-hydrogen) atoms. The molecule has 5 heteroatoms. The Labute approximate surface area is 125 Å². The van der Waals surface area contributed by atoms with Gasteiger partial charge in [0.05, 0.1) is 0 Å². The summed E-state index contributed by atoms with van der Waals surface area (Å²) >= 11 is 0. The van der Waals surface area contributed by atoms with Gasteiger partial charge in [0.15, 0.2) is 0 Å². The average molecular weight is 301 g/mol. The molecule has 1 aliphatic rings. The average Bonchev–Trinajstić information content (AvgIpc) is 2.30. The molecule has 1 aliphatic heterocycles. The Morgan fingerprint density at radius 1 is 1.40 bits per heavy atom. The highest BCUT2D eigenvalue weighted by molar-refractivity contribution is 5.94. The van der Waals surface area contributed by atoms with Crippen LogP contribution < -0.4 is 5.73 Å². The smallest absolute Gasteiger partial charge is 0.253 e. The van der Waals surface area contributed by atoms with Crippen molar-refractivity contribution in [1.29, 1.82) is 0 Å². The lowest BCUT2D eigenvalue weighted by atomic mass is 9.79. The van der Waals surface area contributed by atoms with Crippen LogP contribution in [0.5, 0.6) is 0 Å². The van der Waals surface area contributed by atoms with Crippen LogP contribution in [0, 0.1) is 18.2 Å². The van der Waals surface area contributed by atoms with E-state index in [0.717, 1.165) is 12.0 Å². The van der Waals surface area contributed by atoms with Crippen molar-refractivity contribution < 1.29 is 9.18 Å². The van der Waals surface area contributed by atoms with Crippen LogP contribution in [-0.2, 0) is 0 Å². The number of aryl methyl sites for hydroxylation is 1. The van der Waals surface area contributed by atoms with Crippen molar-refractivity contribution in [3.8, 4) is 0 Å². The maximum Gasteiger partial charge on any atom is 0.253 e. The molecule has 0 aromatic heterocycles. The number of hydrogen-bond donors (Lipinski definition) is 1. The fraction of sp³-hybridized carbons (Fsp3) is 0.533. The Balaban J connectivity index is 0.00000200. The molecule has 1 heterocycles. The maximum absolute atomic E-state index is 13.4. The molecule has 0 spiro atoms. The first-order valence-electron chi connectivity index (χ1n) is 6.62. The van der Waals surface area contributed by atoms with E-state index in [9.17, 15) is 9.18 Å². The van der Waals surface area contributed by atoms with Gasteiger partial charge >= 0.3 is 0 Å². The van der Waals surface area contributed by atoms with E-state index >= 15 is 0 Å². The number of nitrogens with zero attached hydrogens (tertiary/aromatic N) is 1. The quantitative estimate of drug-likeness (QED) is 0.867. The predicted octanol–water partition coefficient (Wildman–Crippen LogP) is 2.76. The summed E-state index contributed by atoms with van der Waals surface area (Å²) in [6, 6.07) is 4.56. The summed E-state index contributed by atoms with van der Waals surface area (Å²) < 4.78 is 13.4. The van der Waals surface area contributed by atoms with Gasteiger partial charge in [-0.05, 0) is 42.5 Å². The van der Waals surface area contributed by atoms with E-state index in [1.165, 1.54) is 12.1 Å². The Bertz CT molecular complexity index is 484. The lowest BCUT2D eigenvalue weighted by molar-refractivity contribution is 0.0532. The molecule has 1 fully saturated rings. The predicted molar refractivity (Wildman–Crippen MR) is 80.7 cm³/mol.